The van der Waals surface area contributed by atoms with Crippen LogP contribution in [0.15, 0.2) is 20.2 Å². The van der Waals surface area contributed by atoms with Crippen LogP contribution in [0.4, 0.5) is 5.95 Å². The Labute approximate surface area is 147 Å². The number of H-pyrrole nitrogens is 1. The van der Waals surface area contributed by atoms with Gasteiger partial charge in [-0.1, -0.05) is 5.16 Å². The second-order valence-corrected chi connectivity index (χ2v) is 6.83. The highest BCUT2D eigenvalue weighted by Crippen LogP contribution is 2.27. The van der Waals surface area contributed by atoms with Crippen molar-refractivity contribution in [3.63, 3.8) is 0 Å². The van der Waals surface area contributed by atoms with E-state index in [9.17, 15) is 14.7 Å². The van der Waals surface area contributed by atoms with E-state index >= 15 is 0 Å². The van der Waals surface area contributed by atoms with Crippen LogP contribution < -0.4 is 16.1 Å². The van der Waals surface area contributed by atoms with E-state index in [1.54, 1.807) is 18.7 Å². The summed E-state index contributed by atoms with van der Waals surface area (Å²) in [5, 5.41) is 14.3. The third-order valence-corrected chi connectivity index (χ3v) is 4.94. The number of nitrogens with zero attached hydrogens (tertiary/aromatic N) is 5. The monoisotopic (exact) mass is 360 g/mol. The third-order valence-electron chi connectivity index (χ3n) is 4.94. The maximum Gasteiger partial charge on any atom is 0.329 e. The number of nitrogens with one attached hydrogen (secondary N) is 1. The van der Waals surface area contributed by atoms with Gasteiger partial charge in [-0.25, -0.2) is 4.79 Å². The Hall–Kier alpha value is -2.88. The number of β-amino-alcohol motifs (C(OH)–C–C–N with tert-alkyl or cyclic N) is 1. The number of hydrogen-bond acceptors (Lipinski definition) is 7. The van der Waals surface area contributed by atoms with E-state index in [2.05, 4.69) is 15.1 Å². The van der Waals surface area contributed by atoms with Crippen LogP contribution in [-0.2, 0) is 20.5 Å². The Morgan fingerprint density at radius 2 is 2.08 bits per heavy atom. The maximum atomic E-state index is 12.2. The first-order chi connectivity index (χ1) is 12.3. The van der Waals surface area contributed by atoms with Gasteiger partial charge in [0.1, 0.15) is 5.76 Å². The van der Waals surface area contributed by atoms with Gasteiger partial charge in [-0.3, -0.25) is 14.3 Å². The van der Waals surface area contributed by atoms with Crippen molar-refractivity contribution < 1.29 is 9.63 Å². The number of hydrogen-bond donors (Lipinski definition) is 2. The largest absolute Gasteiger partial charge is 0.391 e. The molecular weight excluding hydrogens is 340 g/mol. The molecule has 4 heterocycles. The summed E-state index contributed by atoms with van der Waals surface area (Å²) in [6.07, 6.45) is 0.0175. The van der Waals surface area contributed by atoms with Crippen molar-refractivity contribution in [1.82, 2.24) is 24.3 Å². The topological polar surface area (TPSA) is 122 Å². The zero-order valence-electron chi connectivity index (χ0n) is 14.8. The van der Waals surface area contributed by atoms with Crippen molar-refractivity contribution in [3.05, 3.63) is 38.4 Å². The van der Waals surface area contributed by atoms with Gasteiger partial charge >= 0.3 is 5.69 Å². The molecule has 0 unspecified atom stereocenters. The molecule has 0 amide bonds. The number of anilines is 1. The lowest BCUT2D eigenvalue weighted by Crippen LogP contribution is -2.29. The number of aryl methyl sites for hydroxylation is 3. The molecule has 2 N–H and O–H groups in total. The molecule has 0 aromatic carbocycles. The van der Waals surface area contributed by atoms with Crippen molar-refractivity contribution in [2.45, 2.75) is 19.4 Å². The lowest BCUT2D eigenvalue weighted by Gasteiger charge is -2.16. The standard InChI is InChI=1S/C16H20N6O4/c1-8-4-10(26-19-8)5-9-6-22(7-11(9)23)15-17-13-12(20(15)2)14(24)18-16(25)21(13)3/h4,9,11,23H,5-7H2,1-3H3,(H,18,24,25)/t9-,11-/m1/s1. The Balaban J connectivity index is 1.67. The zero-order valence-corrected chi connectivity index (χ0v) is 14.8. The highest BCUT2D eigenvalue weighted by molar-refractivity contribution is 5.74. The van der Waals surface area contributed by atoms with E-state index in [4.69, 9.17) is 4.52 Å². The molecule has 2 atom stereocenters. The van der Waals surface area contributed by atoms with Gasteiger partial charge < -0.3 is 19.1 Å². The summed E-state index contributed by atoms with van der Waals surface area (Å²) < 4.78 is 8.21. The SMILES string of the molecule is Cc1cc(C[C@@H]2CN(c3nc4c(c(=O)[nH]c(=O)n4C)n3C)C[C@H]2O)on1. The van der Waals surface area contributed by atoms with Crippen LogP contribution in [0.3, 0.4) is 0 Å². The number of aliphatic hydroxyl groups is 1. The minimum atomic E-state index is -0.553. The molecule has 138 valence electrons. The van der Waals surface area contributed by atoms with Crippen LogP contribution in [0.5, 0.6) is 0 Å². The molecule has 3 aromatic rings. The lowest BCUT2D eigenvalue weighted by molar-refractivity contribution is 0.143. The second-order valence-electron chi connectivity index (χ2n) is 6.83. The van der Waals surface area contributed by atoms with Gasteiger partial charge in [0.25, 0.3) is 5.56 Å². The van der Waals surface area contributed by atoms with Crippen LogP contribution in [0, 0.1) is 12.8 Å². The molecule has 10 heteroatoms. The highest BCUT2D eigenvalue weighted by Gasteiger charge is 2.34. The summed E-state index contributed by atoms with van der Waals surface area (Å²) in [4.78, 5) is 32.6. The molecule has 0 spiro atoms. The molecule has 0 bridgehead atoms. The minimum Gasteiger partial charge on any atom is -0.391 e. The lowest BCUT2D eigenvalue weighted by atomic mass is 10.0. The molecular formula is C16H20N6O4. The van der Waals surface area contributed by atoms with Gasteiger partial charge in [0, 0.05) is 45.6 Å². The van der Waals surface area contributed by atoms with Crippen molar-refractivity contribution in [1.29, 1.82) is 0 Å². The van der Waals surface area contributed by atoms with Gasteiger partial charge in [0.05, 0.1) is 11.8 Å². The molecule has 0 aliphatic carbocycles. The predicted molar refractivity (Wildman–Crippen MR) is 93.2 cm³/mol. The molecule has 1 aliphatic heterocycles. The Kier molecular flexibility index (Phi) is 3.72. The molecule has 3 aromatic heterocycles. The average molecular weight is 360 g/mol. The van der Waals surface area contributed by atoms with Crippen LogP contribution in [0.25, 0.3) is 11.2 Å². The predicted octanol–water partition coefficient (Wildman–Crippen LogP) is -0.703. The summed E-state index contributed by atoms with van der Waals surface area (Å²) in [5.74, 6) is 1.24. The molecule has 1 saturated heterocycles. The zero-order chi connectivity index (χ0) is 18.6. The Bertz CT molecular complexity index is 1090. The maximum absolute atomic E-state index is 12.2. The fourth-order valence-corrected chi connectivity index (χ4v) is 3.57. The van der Waals surface area contributed by atoms with E-state index in [1.165, 1.54) is 4.57 Å². The first-order valence-corrected chi connectivity index (χ1v) is 8.36. The molecule has 1 aliphatic rings. The molecule has 0 radical (unpaired) electrons. The molecule has 4 rings (SSSR count). The average Bonchev–Trinajstić information content (AvgIpc) is 3.24. The van der Waals surface area contributed by atoms with Crippen LogP contribution >= 0.6 is 0 Å². The number of aromatic nitrogens is 5. The summed E-state index contributed by atoms with van der Waals surface area (Å²) >= 11 is 0. The number of aliphatic hydroxyl groups excluding tert-OH is 1. The summed E-state index contributed by atoms with van der Waals surface area (Å²) in [6.45, 7) is 2.80. The number of fused-ring (bicyclic) bond motifs is 1. The van der Waals surface area contributed by atoms with E-state index in [0.717, 1.165) is 11.5 Å². The van der Waals surface area contributed by atoms with Crippen molar-refractivity contribution in [3.8, 4) is 0 Å². The molecule has 26 heavy (non-hydrogen) atoms. The van der Waals surface area contributed by atoms with Crippen molar-refractivity contribution in [2.75, 3.05) is 18.0 Å². The van der Waals surface area contributed by atoms with Crippen LogP contribution in [0.2, 0.25) is 0 Å². The van der Waals surface area contributed by atoms with Gasteiger partial charge in [0.2, 0.25) is 5.95 Å². The molecule has 10 nitrogen and oxygen atoms in total. The fraction of sp³-hybridized carbons (Fsp3) is 0.500. The van der Waals surface area contributed by atoms with Gasteiger partial charge in [-0.2, -0.15) is 4.98 Å². The minimum absolute atomic E-state index is 0.0377. The molecule has 1 fully saturated rings. The van der Waals surface area contributed by atoms with Gasteiger partial charge in [-0.15, -0.1) is 0 Å². The van der Waals surface area contributed by atoms with E-state index < -0.39 is 17.4 Å². The van der Waals surface area contributed by atoms with E-state index in [-0.39, 0.29) is 5.92 Å². The van der Waals surface area contributed by atoms with E-state index in [0.29, 0.717) is 36.6 Å². The van der Waals surface area contributed by atoms with Gasteiger partial charge in [-0.05, 0) is 6.92 Å². The number of rotatable bonds is 3. The van der Waals surface area contributed by atoms with Gasteiger partial charge in [0.15, 0.2) is 11.2 Å². The fourth-order valence-electron chi connectivity index (χ4n) is 3.57. The molecule has 0 saturated carbocycles. The normalized spacial score (nSPS) is 20.4. The third kappa shape index (κ3) is 2.53. The van der Waals surface area contributed by atoms with Crippen LogP contribution in [0.1, 0.15) is 11.5 Å². The van der Waals surface area contributed by atoms with Crippen molar-refractivity contribution in [2.24, 2.45) is 20.0 Å². The Morgan fingerprint density at radius 3 is 2.77 bits per heavy atom. The first kappa shape index (κ1) is 16.6. The number of aromatic amines is 1. The first-order valence-electron chi connectivity index (χ1n) is 8.36. The Morgan fingerprint density at radius 1 is 1.31 bits per heavy atom. The smallest absolute Gasteiger partial charge is 0.329 e. The highest BCUT2D eigenvalue weighted by atomic mass is 16.5. The summed E-state index contributed by atoms with van der Waals surface area (Å²) in [5.41, 5.74) is 0.468. The van der Waals surface area contributed by atoms with E-state index in [1.807, 2.05) is 17.9 Å². The summed E-state index contributed by atoms with van der Waals surface area (Å²) in [7, 11) is 3.29. The quantitative estimate of drug-likeness (QED) is 0.633. The summed E-state index contributed by atoms with van der Waals surface area (Å²) in [6, 6.07) is 1.86. The van der Waals surface area contributed by atoms with Crippen molar-refractivity contribution >= 4 is 17.1 Å². The number of imidazole rings is 1. The second kappa shape index (κ2) is 5.84. The van der Waals surface area contributed by atoms with Crippen LogP contribution in [-0.4, -0.2) is 48.6 Å².